The first kappa shape index (κ1) is 15.4. The summed E-state index contributed by atoms with van der Waals surface area (Å²) < 4.78 is 34.9. The Hall–Kier alpha value is -2.46. The quantitative estimate of drug-likeness (QED) is 0.870. The van der Waals surface area contributed by atoms with Crippen molar-refractivity contribution >= 4 is 16.6 Å². The molecule has 0 bridgehead atoms. The Balaban J connectivity index is 2.13. The first-order valence-electron chi connectivity index (χ1n) is 7.22. The summed E-state index contributed by atoms with van der Waals surface area (Å²) in [6.07, 6.45) is 1.53. The number of morpholine rings is 1. The summed E-state index contributed by atoms with van der Waals surface area (Å²) in [6, 6.07) is 6.69. The van der Waals surface area contributed by atoms with Crippen molar-refractivity contribution < 1.29 is 18.3 Å². The Morgan fingerprint density at radius 2 is 2.30 bits per heavy atom. The van der Waals surface area contributed by atoms with Crippen LogP contribution in [0.2, 0.25) is 0 Å². The molecule has 3 rings (SSSR count). The van der Waals surface area contributed by atoms with E-state index >= 15 is 0 Å². The summed E-state index contributed by atoms with van der Waals surface area (Å²) >= 11 is 0. The number of pyridine rings is 1. The van der Waals surface area contributed by atoms with Crippen LogP contribution in [-0.2, 0) is 4.74 Å². The number of aromatic nitrogens is 1. The molecule has 120 valence electrons. The first-order chi connectivity index (χ1) is 11.1. The van der Waals surface area contributed by atoms with Gasteiger partial charge in [0.25, 0.3) is 0 Å². The van der Waals surface area contributed by atoms with Gasteiger partial charge in [-0.25, -0.2) is 0 Å². The molecule has 0 amide bonds. The molecular formula is C16H15F2N3O2. The summed E-state index contributed by atoms with van der Waals surface area (Å²) in [5.74, 6) is 0.0481. The zero-order valence-corrected chi connectivity index (χ0v) is 12.5. The monoisotopic (exact) mass is 319 g/mol. The molecule has 1 aliphatic heterocycles. The van der Waals surface area contributed by atoms with Crippen LogP contribution in [0.15, 0.2) is 24.4 Å². The van der Waals surface area contributed by atoms with Crippen LogP contribution < -0.4 is 9.64 Å². The lowest BCUT2D eigenvalue weighted by atomic mass is 10.1. The van der Waals surface area contributed by atoms with Crippen LogP contribution in [0.4, 0.5) is 14.5 Å². The molecule has 0 aliphatic carbocycles. The van der Waals surface area contributed by atoms with Gasteiger partial charge in [0.1, 0.15) is 11.8 Å². The highest BCUT2D eigenvalue weighted by Crippen LogP contribution is 2.33. The molecule has 1 saturated heterocycles. The number of nitrogens with zero attached hydrogens (tertiary/aromatic N) is 3. The molecule has 0 saturated carbocycles. The van der Waals surface area contributed by atoms with Crippen LogP contribution in [0, 0.1) is 11.3 Å². The topological polar surface area (TPSA) is 58.4 Å². The van der Waals surface area contributed by atoms with Crippen LogP contribution in [-0.4, -0.2) is 37.4 Å². The van der Waals surface area contributed by atoms with Crippen molar-refractivity contribution in [2.45, 2.75) is 19.6 Å². The van der Waals surface area contributed by atoms with Gasteiger partial charge in [0, 0.05) is 24.7 Å². The minimum atomic E-state index is -2.90. The van der Waals surface area contributed by atoms with Crippen molar-refractivity contribution in [3.8, 4) is 11.8 Å². The highest BCUT2D eigenvalue weighted by molar-refractivity contribution is 5.95. The maximum absolute atomic E-state index is 12.5. The molecule has 0 radical (unpaired) electrons. The number of rotatable bonds is 3. The molecule has 2 heterocycles. The Labute approximate surface area is 132 Å². The van der Waals surface area contributed by atoms with Crippen LogP contribution in [0.5, 0.6) is 5.75 Å². The lowest BCUT2D eigenvalue weighted by Gasteiger charge is -2.34. The highest BCUT2D eigenvalue weighted by atomic mass is 19.3. The SMILES string of the molecule is CC1CN(c2c(C#N)cnc3ccc(OC(F)F)cc23)CCO1. The van der Waals surface area contributed by atoms with Gasteiger partial charge in [0.2, 0.25) is 0 Å². The van der Waals surface area contributed by atoms with E-state index in [2.05, 4.69) is 15.8 Å². The molecule has 23 heavy (non-hydrogen) atoms. The van der Waals surface area contributed by atoms with E-state index in [9.17, 15) is 14.0 Å². The molecule has 7 heteroatoms. The number of nitriles is 1. The fourth-order valence-corrected chi connectivity index (χ4v) is 2.78. The second-order valence-electron chi connectivity index (χ2n) is 5.32. The maximum atomic E-state index is 12.5. The summed E-state index contributed by atoms with van der Waals surface area (Å²) in [5, 5.41) is 10.0. The fourth-order valence-electron chi connectivity index (χ4n) is 2.78. The second kappa shape index (κ2) is 6.34. The van der Waals surface area contributed by atoms with E-state index in [0.717, 1.165) is 0 Å². The second-order valence-corrected chi connectivity index (χ2v) is 5.32. The third-order valence-corrected chi connectivity index (χ3v) is 3.71. The van der Waals surface area contributed by atoms with Gasteiger partial charge in [0.15, 0.2) is 0 Å². The van der Waals surface area contributed by atoms with Gasteiger partial charge in [-0.2, -0.15) is 14.0 Å². The number of fused-ring (bicyclic) bond motifs is 1. The largest absolute Gasteiger partial charge is 0.435 e. The average molecular weight is 319 g/mol. The molecule has 1 atom stereocenters. The smallest absolute Gasteiger partial charge is 0.387 e. The Bertz CT molecular complexity index is 761. The van der Waals surface area contributed by atoms with E-state index < -0.39 is 6.61 Å². The lowest BCUT2D eigenvalue weighted by molar-refractivity contribution is -0.0497. The van der Waals surface area contributed by atoms with Crippen molar-refractivity contribution in [1.82, 2.24) is 4.98 Å². The first-order valence-corrected chi connectivity index (χ1v) is 7.22. The number of halogens is 2. The number of hydrogen-bond acceptors (Lipinski definition) is 5. The Morgan fingerprint density at radius 1 is 1.48 bits per heavy atom. The molecule has 0 N–H and O–H groups in total. The van der Waals surface area contributed by atoms with Crippen LogP contribution in [0.3, 0.4) is 0 Å². The van der Waals surface area contributed by atoms with Crippen LogP contribution in [0.25, 0.3) is 10.9 Å². The molecular weight excluding hydrogens is 304 g/mol. The zero-order valence-electron chi connectivity index (χ0n) is 12.5. The molecule has 1 aliphatic rings. The fraction of sp³-hybridized carbons (Fsp3) is 0.375. The summed E-state index contributed by atoms with van der Waals surface area (Å²) in [6.45, 7) is 0.841. The van der Waals surface area contributed by atoms with Gasteiger partial charge < -0.3 is 14.4 Å². The van der Waals surface area contributed by atoms with Gasteiger partial charge in [-0.15, -0.1) is 0 Å². The van der Waals surface area contributed by atoms with Crippen LogP contribution in [0.1, 0.15) is 12.5 Å². The molecule has 1 unspecified atom stereocenters. The van der Waals surface area contributed by atoms with E-state index in [-0.39, 0.29) is 11.9 Å². The van der Waals surface area contributed by atoms with Gasteiger partial charge in [0.05, 0.1) is 29.5 Å². The maximum Gasteiger partial charge on any atom is 0.387 e. The van der Waals surface area contributed by atoms with E-state index in [1.165, 1.54) is 18.3 Å². The number of alkyl halides is 2. The summed E-state index contributed by atoms with van der Waals surface area (Å²) in [4.78, 5) is 6.25. The van der Waals surface area contributed by atoms with Crippen molar-refractivity contribution in [3.63, 3.8) is 0 Å². The normalized spacial score (nSPS) is 18.2. The van der Waals surface area contributed by atoms with E-state index in [4.69, 9.17) is 4.74 Å². The van der Waals surface area contributed by atoms with Crippen LogP contribution >= 0.6 is 0 Å². The molecule has 1 aromatic heterocycles. The van der Waals surface area contributed by atoms with Gasteiger partial charge in [-0.3, -0.25) is 4.98 Å². The predicted molar refractivity (Wildman–Crippen MR) is 80.7 cm³/mol. The average Bonchev–Trinajstić information content (AvgIpc) is 2.53. The van der Waals surface area contributed by atoms with E-state index in [0.29, 0.717) is 41.9 Å². The number of benzene rings is 1. The molecule has 1 fully saturated rings. The third kappa shape index (κ3) is 3.17. The minimum Gasteiger partial charge on any atom is -0.435 e. The number of hydrogen-bond donors (Lipinski definition) is 0. The third-order valence-electron chi connectivity index (χ3n) is 3.71. The van der Waals surface area contributed by atoms with Gasteiger partial charge in [-0.05, 0) is 25.1 Å². The predicted octanol–water partition coefficient (Wildman–Crippen LogP) is 2.93. The van der Waals surface area contributed by atoms with Crippen molar-refractivity contribution in [2.24, 2.45) is 0 Å². The highest BCUT2D eigenvalue weighted by Gasteiger charge is 2.22. The Kier molecular flexibility index (Phi) is 4.26. The lowest BCUT2D eigenvalue weighted by Crippen LogP contribution is -2.41. The van der Waals surface area contributed by atoms with E-state index in [1.54, 1.807) is 6.07 Å². The molecule has 0 spiro atoms. The number of ether oxygens (including phenoxy) is 2. The summed E-state index contributed by atoms with van der Waals surface area (Å²) in [5.41, 5.74) is 1.72. The van der Waals surface area contributed by atoms with Crippen molar-refractivity contribution in [2.75, 3.05) is 24.6 Å². The number of anilines is 1. The zero-order chi connectivity index (χ0) is 16.4. The standard InChI is InChI=1S/C16H15F2N3O2/c1-10-9-21(4-5-22-10)15-11(7-19)8-20-14-3-2-12(6-13(14)15)23-16(17)18/h2-3,6,8,10,16H,4-5,9H2,1H3. The minimum absolute atomic E-state index is 0.0269. The molecule has 2 aromatic rings. The molecule has 1 aromatic carbocycles. The summed E-state index contributed by atoms with van der Waals surface area (Å²) in [7, 11) is 0. The van der Waals surface area contributed by atoms with Gasteiger partial charge in [-0.1, -0.05) is 0 Å². The Morgan fingerprint density at radius 3 is 3.00 bits per heavy atom. The molecule has 5 nitrogen and oxygen atoms in total. The van der Waals surface area contributed by atoms with Crippen molar-refractivity contribution in [3.05, 3.63) is 30.0 Å². The van der Waals surface area contributed by atoms with Crippen molar-refractivity contribution in [1.29, 1.82) is 5.26 Å². The van der Waals surface area contributed by atoms with Gasteiger partial charge >= 0.3 is 6.61 Å². The van der Waals surface area contributed by atoms with E-state index in [1.807, 2.05) is 11.8 Å².